The number of ether oxygens (including phenoxy) is 1. The van der Waals surface area contributed by atoms with Gasteiger partial charge in [0.05, 0.1) is 6.61 Å². The van der Waals surface area contributed by atoms with Crippen molar-refractivity contribution in [2.75, 3.05) is 13.2 Å². The topological polar surface area (TPSA) is 61.3 Å². The molecular formula is C14H20N2O. The lowest BCUT2D eigenvalue weighted by molar-refractivity contribution is 0.288. The molecule has 92 valence electrons. The molecule has 1 unspecified atom stereocenters. The minimum absolute atomic E-state index is 0.0831. The monoisotopic (exact) mass is 232 g/mol. The van der Waals surface area contributed by atoms with E-state index in [1.54, 1.807) is 0 Å². The molecule has 1 atom stereocenters. The highest BCUT2D eigenvalue weighted by Crippen LogP contribution is 2.53. The van der Waals surface area contributed by atoms with Crippen LogP contribution < -0.4 is 16.2 Å². The molecule has 2 aliphatic rings. The van der Waals surface area contributed by atoms with Crippen molar-refractivity contribution in [2.45, 2.75) is 31.7 Å². The second-order valence-electron chi connectivity index (χ2n) is 5.36. The standard InChI is InChI=1S/C14H20N2O/c15-9-14(5-6-14)13(16)11-3-4-12-10(8-11)2-1-7-17-12/h3-4,8,13H,1-2,5-7,9,15-16H2. The molecule has 3 nitrogen and oxygen atoms in total. The molecule has 0 spiro atoms. The Hall–Kier alpha value is -1.06. The van der Waals surface area contributed by atoms with Gasteiger partial charge in [-0.3, -0.25) is 0 Å². The number of benzene rings is 1. The van der Waals surface area contributed by atoms with Crippen LogP contribution in [-0.2, 0) is 6.42 Å². The van der Waals surface area contributed by atoms with Gasteiger partial charge in [0.2, 0.25) is 0 Å². The third-order valence-corrected chi connectivity index (χ3v) is 4.25. The fraction of sp³-hybridized carbons (Fsp3) is 0.571. The van der Waals surface area contributed by atoms with E-state index in [1.807, 2.05) is 0 Å². The fourth-order valence-electron chi connectivity index (χ4n) is 2.73. The Morgan fingerprint density at radius 3 is 2.88 bits per heavy atom. The lowest BCUT2D eigenvalue weighted by atomic mass is 9.89. The van der Waals surface area contributed by atoms with Crippen molar-refractivity contribution in [2.24, 2.45) is 16.9 Å². The van der Waals surface area contributed by atoms with E-state index >= 15 is 0 Å². The average molecular weight is 232 g/mol. The highest BCUT2D eigenvalue weighted by atomic mass is 16.5. The number of hydrogen-bond donors (Lipinski definition) is 2. The van der Waals surface area contributed by atoms with Crippen molar-refractivity contribution in [3.8, 4) is 5.75 Å². The predicted molar refractivity (Wildman–Crippen MR) is 67.9 cm³/mol. The third-order valence-electron chi connectivity index (χ3n) is 4.25. The lowest BCUT2D eigenvalue weighted by Gasteiger charge is -2.24. The first-order chi connectivity index (χ1) is 8.25. The van der Waals surface area contributed by atoms with E-state index in [1.165, 1.54) is 11.1 Å². The highest BCUT2D eigenvalue weighted by molar-refractivity contribution is 5.40. The third kappa shape index (κ3) is 1.83. The maximum atomic E-state index is 6.36. The summed E-state index contributed by atoms with van der Waals surface area (Å²) in [5.74, 6) is 1.03. The second kappa shape index (κ2) is 4.00. The molecular weight excluding hydrogens is 212 g/mol. The first-order valence-electron chi connectivity index (χ1n) is 6.46. The van der Waals surface area contributed by atoms with E-state index in [0.29, 0.717) is 6.54 Å². The fourth-order valence-corrected chi connectivity index (χ4v) is 2.73. The number of fused-ring (bicyclic) bond motifs is 1. The molecule has 1 aromatic rings. The number of aryl methyl sites for hydroxylation is 1. The van der Waals surface area contributed by atoms with Crippen molar-refractivity contribution in [1.29, 1.82) is 0 Å². The van der Waals surface area contributed by atoms with Crippen molar-refractivity contribution < 1.29 is 4.74 Å². The molecule has 0 radical (unpaired) electrons. The lowest BCUT2D eigenvalue weighted by Crippen LogP contribution is -2.29. The summed E-state index contributed by atoms with van der Waals surface area (Å²) in [6.45, 7) is 1.53. The van der Waals surface area contributed by atoms with E-state index in [0.717, 1.165) is 38.0 Å². The Morgan fingerprint density at radius 1 is 1.35 bits per heavy atom. The van der Waals surface area contributed by atoms with Crippen molar-refractivity contribution in [3.63, 3.8) is 0 Å². The quantitative estimate of drug-likeness (QED) is 0.834. The van der Waals surface area contributed by atoms with Crippen molar-refractivity contribution >= 4 is 0 Å². The molecule has 3 heteroatoms. The van der Waals surface area contributed by atoms with Crippen LogP contribution in [0.3, 0.4) is 0 Å². The first kappa shape index (κ1) is 11.1. The van der Waals surface area contributed by atoms with Crippen LogP contribution in [0.15, 0.2) is 18.2 Å². The van der Waals surface area contributed by atoms with Gasteiger partial charge in [-0.15, -0.1) is 0 Å². The van der Waals surface area contributed by atoms with Crippen LogP contribution in [0.4, 0.5) is 0 Å². The molecule has 1 saturated carbocycles. The molecule has 17 heavy (non-hydrogen) atoms. The van der Waals surface area contributed by atoms with Crippen LogP contribution in [0.25, 0.3) is 0 Å². The Balaban J connectivity index is 1.88. The summed E-state index contributed by atoms with van der Waals surface area (Å²) in [5, 5.41) is 0. The summed E-state index contributed by atoms with van der Waals surface area (Å²) in [5.41, 5.74) is 14.9. The van der Waals surface area contributed by atoms with E-state index in [4.69, 9.17) is 16.2 Å². The SMILES string of the molecule is NCC1(C(N)c2ccc3c(c2)CCCO3)CC1. The average Bonchev–Trinajstić information content (AvgIpc) is 3.18. The summed E-state index contributed by atoms with van der Waals surface area (Å²) in [7, 11) is 0. The van der Waals surface area contributed by atoms with E-state index < -0.39 is 0 Å². The number of rotatable bonds is 3. The van der Waals surface area contributed by atoms with Crippen molar-refractivity contribution in [3.05, 3.63) is 29.3 Å². The zero-order valence-electron chi connectivity index (χ0n) is 10.1. The van der Waals surface area contributed by atoms with Crippen LogP contribution in [0.2, 0.25) is 0 Å². The zero-order chi connectivity index (χ0) is 11.9. The summed E-state index contributed by atoms with van der Waals surface area (Å²) in [6.07, 6.45) is 4.54. The summed E-state index contributed by atoms with van der Waals surface area (Å²) >= 11 is 0. The van der Waals surface area contributed by atoms with E-state index in [9.17, 15) is 0 Å². The van der Waals surface area contributed by atoms with Gasteiger partial charge in [0.25, 0.3) is 0 Å². The van der Waals surface area contributed by atoms with Crippen LogP contribution in [0.1, 0.15) is 36.4 Å². The Labute approximate surface area is 102 Å². The van der Waals surface area contributed by atoms with Crippen LogP contribution in [0.5, 0.6) is 5.75 Å². The molecule has 1 heterocycles. The molecule has 0 aromatic heterocycles. The maximum absolute atomic E-state index is 6.36. The minimum atomic E-state index is 0.0831. The van der Waals surface area contributed by atoms with Crippen LogP contribution >= 0.6 is 0 Å². The van der Waals surface area contributed by atoms with Gasteiger partial charge in [0.15, 0.2) is 0 Å². The molecule has 0 saturated heterocycles. The molecule has 0 bridgehead atoms. The smallest absolute Gasteiger partial charge is 0.122 e. The van der Waals surface area contributed by atoms with Crippen LogP contribution in [-0.4, -0.2) is 13.2 Å². The largest absolute Gasteiger partial charge is 0.493 e. The minimum Gasteiger partial charge on any atom is -0.493 e. The van der Waals surface area contributed by atoms with Gasteiger partial charge in [-0.25, -0.2) is 0 Å². The summed E-state index contributed by atoms with van der Waals surface area (Å²) in [6, 6.07) is 6.47. The van der Waals surface area contributed by atoms with E-state index in [2.05, 4.69) is 18.2 Å². The molecule has 1 aliphatic heterocycles. The summed E-state index contributed by atoms with van der Waals surface area (Å²) < 4.78 is 5.62. The van der Waals surface area contributed by atoms with Gasteiger partial charge in [0, 0.05) is 11.5 Å². The molecule has 4 N–H and O–H groups in total. The molecule has 3 rings (SSSR count). The van der Waals surface area contributed by atoms with Crippen molar-refractivity contribution in [1.82, 2.24) is 0 Å². The molecule has 1 aliphatic carbocycles. The predicted octanol–water partition coefficient (Wildman–Crippen LogP) is 1.75. The van der Waals surface area contributed by atoms with Gasteiger partial charge in [-0.2, -0.15) is 0 Å². The highest BCUT2D eigenvalue weighted by Gasteiger charge is 2.47. The molecule has 0 amide bonds. The first-order valence-corrected chi connectivity index (χ1v) is 6.46. The Bertz CT molecular complexity index is 426. The molecule has 1 fully saturated rings. The number of nitrogens with two attached hydrogens (primary N) is 2. The Morgan fingerprint density at radius 2 is 2.18 bits per heavy atom. The second-order valence-corrected chi connectivity index (χ2v) is 5.36. The van der Waals surface area contributed by atoms with E-state index in [-0.39, 0.29) is 11.5 Å². The van der Waals surface area contributed by atoms with Gasteiger partial charge in [-0.05, 0) is 49.4 Å². The Kier molecular flexibility index (Phi) is 2.60. The van der Waals surface area contributed by atoms with Gasteiger partial charge in [-0.1, -0.05) is 12.1 Å². The number of hydrogen-bond acceptors (Lipinski definition) is 3. The van der Waals surface area contributed by atoms with Gasteiger partial charge in [0.1, 0.15) is 5.75 Å². The van der Waals surface area contributed by atoms with Gasteiger partial charge >= 0.3 is 0 Å². The molecule has 1 aromatic carbocycles. The zero-order valence-corrected chi connectivity index (χ0v) is 10.1. The van der Waals surface area contributed by atoms with Crippen LogP contribution in [0, 0.1) is 5.41 Å². The van der Waals surface area contributed by atoms with Gasteiger partial charge < -0.3 is 16.2 Å². The summed E-state index contributed by atoms with van der Waals surface area (Å²) in [4.78, 5) is 0. The normalized spacial score (nSPS) is 22.5. The maximum Gasteiger partial charge on any atom is 0.122 e.